The Labute approximate surface area is 87.8 Å². The number of hydrogen-bond donors (Lipinski definition) is 1. The molecular formula is C12H24N2. The second kappa shape index (κ2) is 3.49. The van der Waals surface area contributed by atoms with Crippen LogP contribution in [0.3, 0.4) is 0 Å². The summed E-state index contributed by atoms with van der Waals surface area (Å²) < 4.78 is 0. The topological polar surface area (TPSA) is 29.3 Å². The maximum absolute atomic E-state index is 5.91. The first kappa shape index (κ1) is 10.4. The Morgan fingerprint density at radius 3 is 2.14 bits per heavy atom. The minimum Gasteiger partial charge on any atom is -0.330 e. The molecule has 2 atom stereocenters. The van der Waals surface area contributed by atoms with Crippen molar-refractivity contribution >= 4 is 0 Å². The quantitative estimate of drug-likeness (QED) is 0.689. The Kier molecular flexibility index (Phi) is 2.61. The summed E-state index contributed by atoms with van der Waals surface area (Å²) >= 11 is 0. The molecule has 2 fully saturated rings. The first-order valence-corrected chi connectivity index (χ1v) is 5.90. The zero-order valence-corrected chi connectivity index (χ0v) is 9.79. The largest absolute Gasteiger partial charge is 0.330 e. The highest BCUT2D eigenvalue weighted by Gasteiger charge is 2.43. The third-order valence-electron chi connectivity index (χ3n) is 4.21. The van der Waals surface area contributed by atoms with Crippen molar-refractivity contribution in [1.29, 1.82) is 0 Å². The lowest BCUT2D eigenvalue weighted by Crippen LogP contribution is -2.52. The second-order valence-electron chi connectivity index (χ2n) is 6.21. The average molecular weight is 196 g/mol. The number of likely N-dealkylation sites (tertiary alicyclic amines) is 1. The van der Waals surface area contributed by atoms with Gasteiger partial charge < -0.3 is 10.6 Å². The molecule has 0 spiro atoms. The molecule has 2 aliphatic rings. The predicted molar refractivity (Wildman–Crippen MR) is 60.0 cm³/mol. The van der Waals surface area contributed by atoms with Gasteiger partial charge in [-0.05, 0) is 49.6 Å². The van der Waals surface area contributed by atoms with Crippen LogP contribution in [0.4, 0.5) is 0 Å². The standard InChI is InChI=1S/C12H24N2/c1-12(2)4-9-7-14(3)8-10(5-12)11(9)6-13/h9-11H,4-8,13H2,1-3H3. The van der Waals surface area contributed by atoms with Gasteiger partial charge in [0.05, 0.1) is 0 Å². The van der Waals surface area contributed by atoms with Crippen molar-refractivity contribution in [3.05, 3.63) is 0 Å². The highest BCUT2D eigenvalue weighted by atomic mass is 15.1. The van der Waals surface area contributed by atoms with Gasteiger partial charge in [-0.25, -0.2) is 0 Å². The third-order valence-corrected chi connectivity index (χ3v) is 4.21. The molecule has 2 nitrogen and oxygen atoms in total. The lowest BCUT2D eigenvalue weighted by Gasteiger charge is -2.51. The Balaban J connectivity index is 2.14. The number of nitrogens with two attached hydrogens (primary N) is 1. The summed E-state index contributed by atoms with van der Waals surface area (Å²) in [4.78, 5) is 2.50. The van der Waals surface area contributed by atoms with Gasteiger partial charge >= 0.3 is 0 Å². The maximum atomic E-state index is 5.91. The number of nitrogens with zero attached hydrogens (tertiary/aromatic N) is 1. The van der Waals surface area contributed by atoms with Crippen molar-refractivity contribution in [3.8, 4) is 0 Å². The van der Waals surface area contributed by atoms with Gasteiger partial charge in [-0.2, -0.15) is 0 Å². The molecule has 0 aromatic rings. The summed E-state index contributed by atoms with van der Waals surface area (Å²) in [5, 5.41) is 0. The van der Waals surface area contributed by atoms with Crippen LogP contribution in [0.5, 0.6) is 0 Å². The first-order valence-electron chi connectivity index (χ1n) is 5.90. The SMILES string of the molecule is CN1CC2CC(C)(C)CC(C1)C2CN. The van der Waals surface area contributed by atoms with Crippen molar-refractivity contribution < 1.29 is 0 Å². The molecule has 1 heterocycles. The highest BCUT2D eigenvalue weighted by molar-refractivity contribution is 4.95. The zero-order chi connectivity index (χ0) is 10.3. The minimum atomic E-state index is 0.558. The normalized spacial score (nSPS) is 42.4. The van der Waals surface area contributed by atoms with Gasteiger partial charge in [-0.1, -0.05) is 13.8 Å². The van der Waals surface area contributed by atoms with Crippen molar-refractivity contribution in [1.82, 2.24) is 4.90 Å². The molecule has 2 N–H and O–H groups in total. The van der Waals surface area contributed by atoms with Gasteiger partial charge in [-0.15, -0.1) is 0 Å². The van der Waals surface area contributed by atoms with E-state index >= 15 is 0 Å². The molecule has 1 aliphatic heterocycles. The minimum absolute atomic E-state index is 0.558. The molecule has 0 aromatic heterocycles. The molecule has 1 aliphatic carbocycles. The summed E-state index contributed by atoms with van der Waals surface area (Å²) in [7, 11) is 2.26. The number of fused-ring (bicyclic) bond motifs is 2. The van der Waals surface area contributed by atoms with Crippen LogP contribution in [0.2, 0.25) is 0 Å². The van der Waals surface area contributed by atoms with E-state index < -0.39 is 0 Å². The smallest absolute Gasteiger partial charge is 0.00102 e. The molecule has 2 heteroatoms. The van der Waals surface area contributed by atoms with E-state index in [4.69, 9.17) is 5.73 Å². The third kappa shape index (κ3) is 1.82. The number of piperidine rings is 1. The summed E-state index contributed by atoms with van der Waals surface area (Å²) in [6.07, 6.45) is 2.74. The Hall–Kier alpha value is -0.0800. The van der Waals surface area contributed by atoms with E-state index in [9.17, 15) is 0 Å². The van der Waals surface area contributed by atoms with Gasteiger partial charge in [0.15, 0.2) is 0 Å². The molecule has 0 amide bonds. The summed E-state index contributed by atoms with van der Waals surface area (Å²) in [5.74, 6) is 2.51. The van der Waals surface area contributed by atoms with E-state index in [1.807, 2.05) is 0 Å². The van der Waals surface area contributed by atoms with Gasteiger partial charge in [-0.3, -0.25) is 0 Å². The Bertz CT molecular complexity index is 194. The molecule has 0 radical (unpaired) electrons. The van der Waals surface area contributed by atoms with Crippen LogP contribution in [0.1, 0.15) is 26.7 Å². The maximum Gasteiger partial charge on any atom is 0.00102 e. The lowest BCUT2D eigenvalue weighted by molar-refractivity contribution is -0.0154. The molecule has 1 saturated carbocycles. The van der Waals surface area contributed by atoms with Crippen molar-refractivity contribution in [2.45, 2.75) is 26.7 Å². The summed E-state index contributed by atoms with van der Waals surface area (Å²) in [6, 6.07) is 0. The molecule has 82 valence electrons. The lowest BCUT2D eigenvalue weighted by atomic mass is 9.60. The summed E-state index contributed by atoms with van der Waals surface area (Å²) in [6.45, 7) is 8.28. The van der Waals surface area contributed by atoms with E-state index in [2.05, 4.69) is 25.8 Å². The van der Waals surface area contributed by atoms with Crippen LogP contribution in [-0.4, -0.2) is 31.6 Å². The number of hydrogen-bond acceptors (Lipinski definition) is 2. The van der Waals surface area contributed by atoms with Crippen LogP contribution in [0, 0.1) is 23.2 Å². The molecule has 1 saturated heterocycles. The molecule has 14 heavy (non-hydrogen) atoms. The monoisotopic (exact) mass is 196 g/mol. The van der Waals surface area contributed by atoms with Gasteiger partial charge in [0, 0.05) is 13.1 Å². The molecular weight excluding hydrogens is 172 g/mol. The fraction of sp³-hybridized carbons (Fsp3) is 1.00. The van der Waals surface area contributed by atoms with Gasteiger partial charge in [0.1, 0.15) is 0 Å². The van der Waals surface area contributed by atoms with Gasteiger partial charge in [0.2, 0.25) is 0 Å². The van der Waals surface area contributed by atoms with Crippen LogP contribution in [0.15, 0.2) is 0 Å². The van der Waals surface area contributed by atoms with E-state index in [1.165, 1.54) is 25.9 Å². The van der Waals surface area contributed by atoms with E-state index in [-0.39, 0.29) is 0 Å². The van der Waals surface area contributed by atoms with Crippen molar-refractivity contribution in [2.75, 3.05) is 26.7 Å². The molecule has 2 bridgehead atoms. The van der Waals surface area contributed by atoms with Crippen molar-refractivity contribution in [2.24, 2.45) is 28.9 Å². The summed E-state index contributed by atoms with van der Waals surface area (Å²) in [5.41, 5.74) is 6.47. The van der Waals surface area contributed by atoms with E-state index in [1.54, 1.807) is 0 Å². The van der Waals surface area contributed by atoms with Crippen LogP contribution < -0.4 is 5.73 Å². The van der Waals surface area contributed by atoms with Crippen LogP contribution in [0.25, 0.3) is 0 Å². The highest BCUT2D eigenvalue weighted by Crippen LogP contribution is 2.47. The van der Waals surface area contributed by atoms with Crippen LogP contribution >= 0.6 is 0 Å². The van der Waals surface area contributed by atoms with Crippen molar-refractivity contribution in [3.63, 3.8) is 0 Å². The van der Waals surface area contributed by atoms with Crippen LogP contribution in [-0.2, 0) is 0 Å². The number of rotatable bonds is 1. The Morgan fingerprint density at radius 1 is 1.21 bits per heavy atom. The van der Waals surface area contributed by atoms with Gasteiger partial charge in [0.25, 0.3) is 0 Å². The fourth-order valence-electron chi connectivity index (χ4n) is 3.85. The fourth-order valence-corrected chi connectivity index (χ4v) is 3.85. The van der Waals surface area contributed by atoms with E-state index in [0.29, 0.717) is 5.41 Å². The molecule has 2 unspecified atom stereocenters. The molecule has 0 aromatic carbocycles. The molecule has 2 rings (SSSR count). The van der Waals surface area contributed by atoms with E-state index in [0.717, 1.165) is 24.3 Å². The first-order chi connectivity index (χ1) is 6.52. The Morgan fingerprint density at radius 2 is 1.71 bits per heavy atom. The second-order valence-corrected chi connectivity index (χ2v) is 6.21. The predicted octanol–water partition coefficient (Wildman–Crippen LogP) is 1.56. The average Bonchev–Trinajstić information content (AvgIpc) is 1.99. The zero-order valence-electron chi connectivity index (χ0n) is 9.79.